The molecule has 2 unspecified atom stereocenters. The van der Waals surface area contributed by atoms with E-state index in [2.05, 4.69) is 17.4 Å². The quantitative estimate of drug-likeness (QED) is 0.815. The van der Waals surface area contributed by atoms with Crippen molar-refractivity contribution in [2.45, 2.75) is 38.3 Å². The van der Waals surface area contributed by atoms with E-state index in [0.717, 1.165) is 37.0 Å². The summed E-state index contributed by atoms with van der Waals surface area (Å²) >= 11 is 0. The third-order valence-electron chi connectivity index (χ3n) is 4.73. The van der Waals surface area contributed by atoms with E-state index >= 15 is 0 Å². The first-order valence-electron chi connectivity index (χ1n) is 8.99. The third kappa shape index (κ3) is 5.33. The summed E-state index contributed by atoms with van der Waals surface area (Å²) in [6.45, 7) is 1.23. The number of benzene rings is 2. The molecule has 0 saturated heterocycles. The molecule has 2 aromatic carbocycles. The molecule has 2 atom stereocenters. The molecular formula is C21H26N2O2. The summed E-state index contributed by atoms with van der Waals surface area (Å²) in [4.78, 5) is 12.1. The van der Waals surface area contributed by atoms with Gasteiger partial charge in [-0.1, -0.05) is 42.5 Å². The summed E-state index contributed by atoms with van der Waals surface area (Å²) in [5.74, 6) is 1.11. The zero-order valence-electron chi connectivity index (χ0n) is 14.5. The Balaban J connectivity index is 1.39. The van der Waals surface area contributed by atoms with Gasteiger partial charge in [-0.25, -0.2) is 0 Å². The normalized spacial score (nSPS) is 19.6. The minimum absolute atomic E-state index is 0.101. The highest BCUT2D eigenvalue weighted by Crippen LogP contribution is 2.24. The highest BCUT2D eigenvalue weighted by atomic mass is 16.5. The number of carbonyl (C=O) groups excluding carboxylic acids is 1. The van der Waals surface area contributed by atoms with Crippen LogP contribution in [0, 0.1) is 5.92 Å². The van der Waals surface area contributed by atoms with Crippen molar-refractivity contribution < 1.29 is 9.53 Å². The Hall–Kier alpha value is -2.33. The van der Waals surface area contributed by atoms with Crippen LogP contribution in [0.25, 0.3) is 0 Å². The van der Waals surface area contributed by atoms with Crippen molar-refractivity contribution in [1.29, 1.82) is 0 Å². The van der Waals surface area contributed by atoms with Crippen molar-refractivity contribution in [1.82, 2.24) is 5.32 Å². The standard InChI is InChI=1S/C21H26N2O2/c22-19-9-8-18(14-19)21(24)23-13-12-16-6-10-20(11-7-16)25-15-17-4-2-1-3-5-17/h1-7,10-11,18-19H,8-9,12-15,22H2,(H,23,24). The summed E-state index contributed by atoms with van der Waals surface area (Å²) in [7, 11) is 0. The topological polar surface area (TPSA) is 64.4 Å². The second-order valence-electron chi connectivity index (χ2n) is 6.73. The zero-order chi connectivity index (χ0) is 17.5. The van der Waals surface area contributed by atoms with Crippen LogP contribution in [-0.4, -0.2) is 18.5 Å². The maximum atomic E-state index is 12.1. The molecule has 1 amide bonds. The molecule has 25 heavy (non-hydrogen) atoms. The highest BCUT2D eigenvalue weighted by Gasteiger charge is 2.27. The molecule has 1 aliphatic rings. The molecule has 0 aliphatic heterocycles. The number of amides is 1. The number of hydrogen-bond acceptors (Lipinski definition) is 3. The predicted octanol–water partition coefficient (Wildman–Crippen LogP) is 3.05. The number of nitrogens with two attached hydrogens (primary N) is 1. The molecule has 4 nitrogen and oxygen atoms in total. The number of hydrogen-bond donors (Lipinski definition) is 2. The highest BCUT2D eigenvalue weighted by molar-refractivity contribution is 5.79. The molecule has 2 aromatic rings. The first kappa shape index (κ1) is 17.5. The fourth-order valence-corrected chi connectivity index (χ4v) is 3.22. The lowest BCUT2D eigenvalue weighted by Gasteiger charge is -2.11. The van der Waals surface area contributed by atoms with Gasteiger partial charge in [0.15, 0.2) is 0 Å². The van der Waals surface area contributed by atoms with Gasteiger partial charge in [0.05, 0.1) is 0 Å². The summed E-state index contributed by atoms with van der Waals surface area (Å²) in [5, 5.41) is 3.03. The molecule has 1 aliphatic carbocycles. The molecule has 0 aromatic heterocycles. The summed E-state index contributed by atoms with van der Waals surface area (Å²) < 4.78 is 5.79. The molecule has 132 valence electrons. The van der Waals surface area contributed by atoms with E-state index in [1.807, 2.05) is 42.5 Å². The lowest BCUT2D eigenvalue weighted by Crippen LogP contribution is -2.31. The molecule has 1 saturated carbocycles. The van der Waals surface area contributed by atoms with E-state index < -0.39 is 0 Å². The summed E-state index contributed by atoms with van der Waals surface area (Å²) in [6.07, 6.45) is 3.52. The second kappa shape index (κ2) is 8.67. The van der Waals surface area contributed by atoms with Crippen LogP contribution in [0.5, 0.6) is 5.75 Å². The SMILES string of the molecule is NC1CCC(C(=O)NCCc2ccc(OCc3ccccc3)cc2)C1. The number of rotatable bonds is 7. The monoisotopic (exact) mass is 338 g/mol. The van der Waals surface area contributed by atoms with Crippen molar-refractivity contribution in [3.8, 4) is 5.75 Å². The lowest BCUT2D eigenvalue weighted by molar-refractivity contribution is -0.124. The van der Waals surface area contributed by atoms with Crippen LogP contribution in [0.15, 0.2) is 54.6 Å². The van der Waals surface area contributed by atoms with Gasteiger partial charge in [-0.3, -0.25) is 4.79 Å². The lowest BCUT2D eigenvalue weighted by atomic mass is 10.1. The van der Waals surface area contributed by atoms with Crippen LogP contribution >= 0.6 is 0 Å². The Bertz CT molecular complexity index is 670. The molecule has 0 spiro atoms. The smallest absolute Gasteiger partial charge is 0.223 e. The maximum absolute atomic E-state index is 12.1. The van der Waals surface area contributed by atoms with Crippen LogP contribution in [0.1, 0.15) is 30.4 Å². The van der Waals surface area contributed by atoms with Crippen molar-refractivity contribution in [2.75, 3.05) is 6.54 Å². The van der Waals surface area contributed by atoms with Gasteiger partial charge in [-0.2, -0.15) is 0 Å². The van der Waals surface area contributed by atoms with E-state index in [4.69, 9.17) is 10.5 Å². The summed E-state index contributed by atoms with van der Waals surface area (Å²) in [6, 6.07) is 18.4. The Kier molecular flexibility index (Phi) is 6.07. The van der Waals surface area contributed by atoms with Gasteiger partial charge in [-0.15, -0.1) is 0 Å². The molecule has 1 fully saturated rings. The largest absolute Gasteiger partial charge is 0.489 e. The van der Waals surface area contributed by atoms with Crippen LogP contribution in [0.3, 0.4) is 0 Å². The molecule has 0 heterocycles. The fourth-order valence-electron chi connectivity index (χ4n) is 3.22. The fraction of sp³-hybridized carbons (Fsp3) is 0.381. The van der Waals surface area contributed by atoms with E-state index in [0.29, 0.717) is 13.2 Å². The molecule has 4 heteroatoms. The predicted molar refractivity (Wildman–Crippen MR) is 99.2 cm³/mol. The molecule has 0 radical (unpaired) electrons. The van der Waals surface area contributed by atoms with Gasteiger partial charge in [0, 0.05) is 18.5 Å². The van der Waals surface area contributed by atoms with E-state index in [1.165, 1.54) is 5.56 Å². The Morgan fingerprint density at radius 1 is 1.04 bits per heavy atom. The van der Waals surface area contributed by atoms with Crippen LogP contribution in [-0.2, 0) is 17.8 Å². The van der Waals surface area contributed by atoms with Gasteiger partial charge in [0.2, 0.25) is 5.91 Å². The van der Waals surface area contributed by atoms with E-state index in [1.54, 1.807) is 0 Å². The maximum Gasteiger partial charge on any atom is 0.223 e. The minimum atomic E-state index is 0.101. The van der Waals surface area contributed by atoms with Gasteiger partial charge in [0.1, 0.15) is 12.4 Å². The van der Waals surface area contributed by atoms with E-state index in [-0.39, 0.29) is 17.9 Å². The average Bonchev–Trinajstić information content (AvgIpc) is 3.08. The first-order valence-corrected chi connectivity index (χ1v) is 8.99. The number of ether oxygens (including phenoxy) is 1. The summed E-state index contributed by atoms with van der Waals surface area (Å²) in [5.41, 5.74) is 8.21. The van der Waals surface area contributed by atoms with Crippen molar-refractivity contribution in [2.24, 2.45) is 11.7 Å². The molecule has 3 rings (SSSR count). The zero-order valence-corrected chi connectivity index (χ0v) is 14.5. The Morgan fingerprint density at radius 3 is 2.48 bits per heavy atom. The van der Waals surface area contributed by atoms with Crippen molar-refractivity contribution in [3.63, 3.8) is 0 Å². The van der Waals surface area contributed by atoms with Crippen LogP contribution in [0.2, 0.25) is 0 Å². The van der Waals surface area contributed by atoms with Crippen LogP contribution < -0.4 is 15.8 Å². The van der Waals surface area contributed by atoms with Gasteiger partial charge >= 0.3 is 0 Å². The first-order chi connectivity index (χ1) is 12.2. The van der Waals surface area contributed by atoms with Gasteiger partial charge in [0.25, 0.3) is 0 Å². The van der Waals surface area contributed by atoms with Gasteiger partial charge in [-0.05, 0) is 48.9 Å². The Labute approximate surface area is 149 Å². The minimum Gasteiger partial charge on any atom is -0.489 e. The molecule has 0 bridgehead atoms. The second-order valence-corrected chi connectivity index (χ2v) is 6.73. The van der Waals surface area contributed by atoms with Crippen molar-refractivity contribution >= 4 is 5.91 Å². The molecule has 3 N–H and O–H groups in total. The Morgan fingerprint density at radius 2 is 1.80 bits per heavy atom. The third-order valence-corrected chi connectivity index (χ3v) is 4.73. The number of carbonyl (C=O) groups is 1. The van der Waals surface area contributed by atoms with Crippen molar-refractivity contribution in [3.05, 3.63) is 65.7 Å². The molecular weight excluding hydrogens is 312 g/mol. The average molecular weight is 338 g/mol. The number of nitrogens with one attached hydrogen (secondary N) is 1. The van der Waals surface area contributed by atoms with Gasteiger partial charge < -0.3 is 15.8 Å². The van der Waals surface area contributed by atoms with E-state index in [9.17, 15) is 4.79 Å². The van der Waals surface area contributed by atoms with Crippen LogP contribution in [0.4, 0.5) is 0 Å².